The highest BCUT2D eigenvalue weighted by Gasteiger charge is 2.17. The number of Topliss-reactive ketones (excluding diaryl/α,β-unsaturated/α-hetero) is 1. The third kappa shape index (κ3) is 3.53. The summed E-state index contributed by atoms with van der Waals surface area (Å²) < 4.78 is 6.77. The van der Waals surface area contributed by atoms with E-state index in [9.17, 15) is 9.59 Å². The predicted molar refractivity (Wildman–Crippen MR) is 60.3 cm³/mol. The highest BCUT2D eigenvalue weighted by Crippen LogP contribution is 2.09. The number of nitrogens with zero attached hydrogens (tertiary/aromatic N) is 1. The minimum absolute atomic E-state index is 0.0615. The van der Waals surface area contributed by atoms with Crippen LogP contribution in [0.2, 0.25) is 0 Å². The topological polar surface area (TPSA) is 48.3 Å². The van der Waals surface area contributed by atoms with Gasteiger partial charge in [0.1, 0.15) is 12.1 Å². The van der Waals surface area contributed by atoms with E-state index >= 15 is 0 Å². The van der Waals surface area contributed by atoms with E-state index in [4.69, 9.17) is 4.74 Å². The van der Waals surface area contributed by atoms with Gasteiger partial charge in [0.15, 0.2) is 5.78 Å². The first-order valence-corrected chi connectivity index (χ1v) is 5.17. The van der Waals surface area contributed by atoms with Crippen LogP contribution in [0.15, 0.2) is 18.3 Å². The molecule has 4 nitrogen and oxygen atoms in total. The second-order valence-corrected chi connectivity index (χ2v) is 4.66. The Bertz CT molecular complexity index is 399. The Kier molecular flexibility index (Phi) is 3.52. The number of hydrogen-bond acceptors (Lipinski definition) is 3. The Balaban J connectivity index is 2.70. The van der Waals surface area contributed by atoms with Crippen molar-refractivity contribution in [1.29, 1.82) is 0 Å². The fourth-order valence-corrected chi connectivity index (χ4v) is 1.38. The van der Waals surface area contributed by atoms with Crippen LogP contribution in [0, 0.1) is 0 Å². The molecule has 0 N–H and O–H groups in total. The minimum Gasteiger partial charge on any atom is -0.459 e. The lowest BCUT2D eigenvalue weighted by Crippen LogP contribution is -2.27. The van der Waals surface area contributed by atoms with Crippen LogP contribution in [-0.2, 0) is 16.1 Å². The standard InChI is InChI=1S/C12H17NO3/c1-9(14)10-6-5-7-13(10)8-11(15)16-12(2,3)4/h5-7H,8H2,1-4H3. The summed E-state index contributed by atoms with van der Waals surface area (Å²) in [5, 5.41) is 0. The average molecular weight is 223 g/mol. The molecule has 0 aliphatic carbocycles. The largest absolute Gasteiger partial charge is 0.459 e. The van der Waals surface area contributed by atoms with E-state index in [-0.39, 0.29) is 18.3 Å². The molecule has 0 aliphatic rings. The first-order chi connectivity index (χ1) is 7.29. The zero-order valence-electron chi connectivity index (χ0n) is 10.1. The van der Waals surface area contributed by atoms with Gasteiger partial charge in [0.25, 0.3) is 0 Å². The van der Waals surface area contributed by atoms with Gasteiger partial charge in [0.05, 0.1) is 5.69 Å². The van der Waals surface area contributed by atoms with Crippen LogP contribution in [0.25, 0.3) is 0 Å². The van der Waals surface area contributed by atoms with Crippen molar-refractivity contribution < 1.29 is 14.3 Å². The molecule has 0 saturated carbocycles. The SMILES string of the molecule is CC(=O)c1cccn1CC(=O)OC(C)(C)C. The summed E-state index contributed by atoms with van der Waals surface area (Å²) in [6, 6.07) is 3.42. The summed E-state index contributed by atoms with van der Waals surface area (Å²) in [4.78, 5) is 22.8. The van der Waals surface area contributed by atoms with Gasteiger partial charge in [-0.25, -0.2) is 0 Å². The number of carbonyl (C=O) groups excluding carboxylic acids is 2. The van der Waals surface area contributed by atoms with Gasteiger partial charge < -0.3 is 9.30 Å². The lowest BCUT2D eigenvalue weighted by Gasteiger charge is -2.20. The molecule has 0 bridgehead atoms. The van der Waals surface area contributed by atoms with Crippen molar-refractivity contribution in [3.8, 4) is 0 Å². The number of esters is 1. The van der Waals surface area contributed by atoms with Gasteiger partial charge in [-0.15, -0.1) is 0 Å². The molecule has 1 rings (SSSR count). The van der Waals surface area contributed by atoms with Crippen molar-refractivity contribution in [2.75, 3.05) is 0 Å². The Hall–Kier alpha value is -1.58. The third-order valence-electron chi connectivity index (χ3n) is 1.91. The summed E-state index contributed by atoms with van der Waals surface area (Å²) in [5.41, 5.74) is 0.0199. The van der Waals surface area contributed by atoms with Crippen LogP contribution >= 0.6 is 0 Å². The fraction of sp³-hybridized carbons (Fsp3) is 0.500. The van der Waals surface area contributed by atoms with Crippen molar-refractivity contribution in [3.63, 3.8) is 0 Å². The molecular weight excluding hydrogens is 206 g/mol. The third-order valence-corrected chi connectivity index (χ3v) is 1.91. The van der Waals surface area contributed by atoms with Crippen molar-refractivity contribution >= 4 is 11.8 Å². The fourth-order valence-electron chi connectivity index (χ4n) is 1.38. The van der Waals surface area contributed by atoms with Gasteiger partial charge in [0, 0.05) is 13.1 Å². The van der Waals surface area contributed by atoms with Crippen molar-refractivity contribution in [2.45, 2.75) is 39.8 Å². The van der Waals surface area contributed by atoms with Crippen molar-refractivity contribution in [3.05, 3.63) is 24.0 Å². The zero-order chi connectivity index (χ0) is 12.3. The molecule has 1 heterocycles. The number of hydrogen-bond donors (Lipinski definition) is 0. The second-order valence-electron chi connectivity index (χ2n) is 4.66. The summed E-state index contributed by atoms with van der Waals surface area (Å²) in [7, 11) is 0. The lowest BCUT2D eigenvalue weighted by atomic mass is 10.2. The molecule has 4 heteroatoms. The summed E-state index contributed by atoms with van der Waals surface area (Å²) in [6.07, 6.45) is 1.70. The Labute approximate surface area is 95.2 Å². The maximum absolute atomic E-state index is 11.5. The molecule has 0 atom stereocenters. The molecule has 0 spiro atoms. The second kappa shape index (κ2) is 4.51. The van der Waals surface area contributed by atoms with Crippen LogP contribution in [0.3, 0.4) is 0 Å². The zero-order valence-corrected chi connectivity index (χ0v) is 10.1. The lowest BCUT2D eigenvalue weighted by molar-refractivity contribution is -0.155. The predicted octanol–water partition coefficient (Wildman–Crippen LogP) is 2.03. The number of carbonyl (C=O) groups is 2. The molecule has 0 aromatic carbocycles. The molecule has 1 aromatic rings. The smallest absolute Gasteiger partial charge is 0.326 e. The maximum Gasteiger partial charge on any atom is 0.326 e. The van der Waals surface area contributed by atoms with E-state index in [2.05, 4.69) is 0 Å². The molecular formula is C12H17NO3. The van der Waals surface area contributed by atoms with Gasteiger partial charge in [-0.2, -0.15) is 0 Å². The van der Waals surface area contributed by atoms with Crippen LogP contribution in [-0.4, -0.2) is 21.9 Å². The van der Waals surface area contributed by atoms with Gasteiger partial charge in [-0.1, -0.05) is 0 Å². The molecule has 0 amide bonds. The highest BCUT2D eigenvalue weighted by atomic mass is 16.6. The number of aromatic nitrogens is 1. The molecule has 0 aliphatic heterocycles. The first-order valence-electron chi connectivity index (χ1n) is 5.17. The normalized spacial score (nSPS) is 11.2. The van der Waals surface area contributed by atoms with Crippen LogP contribution in [0.4, 0.5) is 0 Å². The monoisotopic (exact) mass is 223 g/mol. The molecule has 1 aromatic heterocycles. The maximum atomic E-state index is 11.5. The van der Waals surface area contributed by atoms with Crippen LogP contribution < -0.4 is 0 Å². The summed E-state index contributed by atoms with van der Waals surface area (Å²) in [6.45, 7) is 6.98. The molecule has 0 fully saturated rings. The van der Waals surface area contributed by atoms with E-state index in [1.165, 1.54) is 6.92 Å². The molecule has 0 radical (unpaired) electrons. The number of rotatable bonds is 3. The van der Waals surface area contributed by atoms with E-state index in [1.54, 1.807) is 22.9 Å². The van der Waals surface area contributed by atoms with Crippen LogP contribution in [0.5, 0.6) is 0 Å². The van der Waals surface area contributed by atoms with Crippen molar-refractivity contribution in [2.24, 2.45) is 0 Å². The summed E-state index contributed by atoms with van der Waals surface area (Å²) >= 11 is 0. The minimum atomic E-state index is -0.499. The molecule has 16 heavy (non-hydrogen) atoms. The highest BCUT2D eigenvalue weighted by molar-refractivity contribution is 5.92. The van der Waals surface area contributed by atoms with E-state index in [0.717, 1.165) is 0 Å². The van der Waals surface area contributed by atoms with E-state index in [0.29, 0.717) is 5.69 Å². The van der Waals surface area contributed by atoms with Gasteiger partial charge in [-0.05, 0) is 32.9 Å². The van der Waals surface area contributed by atoms with E-state index < -0.39 is 5.60 Å². The van der Waals surface area contributed by atoms with Gasteiger partial charge >= 0.3 is 5.97 Å². The van der Waals surface area contributed by atoms with Gasteiger partial charge in [0.2, 0.25) is 0 Å². The van der Waals surface area contributed by atoms with Crippen LogP contribution in [0.1, 0.15) is 38.2 Å². The molecule has 88 valence electrons. The average Bonchev–Trinajstić information content (AvgIpc) is 2.47. The Morgan fingerprint density at radius 2 is 2.00 bits per heavy atom. The number of ketones is 1. The first kappa shape index (κ1) is 12.5. The number of ether oxygens (including phenoxy) is 1. The van der Waals surface area contributed by atoms with E-state index in [1.807, 2.05) is 20.8 Å². The quantitative estimate of drug-likeness (QED) is 0.582. The van der Waals surface area contributed by atoms with Gasteiger partial charge in [-0.3, -0.25) is 9.59 Å². The molecule has 0 saturated heterocycles. The molecule has 0 unspecified atom stereocenters. The Morgan fingerprint density at radius 3 is 2.50 bits per heavy atom. The Morgan fingerprint density at radius 1 is 1.38 bits per heavy atom. The summed E-state index contributed by atoms with van der Waals surface area (Å²) in [5.74, 6) is -0.403. The van der Waals surface area contributed by atoms with Crippen molar-refractivity contribution in [1.82, 2.24) is 4.57 Å².